The fourth-order valence-electron chi connectivity index (χ4n) is 1.04. The smallest absolute Gasteiger partial charge is 0.213 e. The minimum Gasteiger partial charge on any atom is -0.228 e. The fraction of sp³-hybridized carbons (Fsp3) is 0.444. The van der Waals surface area contributed by atoms with Gasteiger partial charge >= 0.3 is 0 Å². The summed E-state index contributed by atoms with van der Waals surface area (Å²) >= 11 is 0. The summed E-state index contributed by atoms with van der Waals surface area (Å²) < 4.78 is 12.5. The molecule has 0 fully saturated rings. The van der Waals surface area contributed by atoms with Gasteiger partial charge in [-0.1, -0.05) is 13.8 Å². The molecule has 0 unspecified atom stereocenters. The molecule has 0 amide bonds. The molecule has 11 heavy (non-hydrogen) atoms. The highest BCUT2D eigenvalue weighted by atomic mass is 19.1. The van der Waals surface area contributed by atoms with E-state index in [1.807, 2.05) is 6.07 Å². The van der Waals surface area contributed by atoms with Crippen LogP contribution in [0.4, 0.5) is 4.39 Å². The molecule has 1 aromatic heterocycles. The number of hydrogen-bond donors (Lipinski definition) is 0. The largest absolute Gasteiger partial charge is 0.228 e. The first-order valence-electron chi connectivity index (χ1n) is 3.79. The summed E-state index contributed by atoms with van der Waals surface area (Å²) in [6, 6.07) is 3.34. The lowest BCUT2D eigenvalue weighted by atomic mass is 10.0. The summed E-state index contributed by atoms with van der Waals surface area (Å²) in [6.45, 7) is 4.22. The Morgan fingerprint density at radius 2 is 2.27 bits per heavy atom. The summed E-state index contributed by atoms with van der Waals surface area (Å²) in [7, 11) is 0. The van der Waals surface area contributed by atoms with Gasteiger partial charge in [-0.25, -0.2) is 4.98 Å². The first kappa shape index (κ1) is 8.18. The van der Waals surface area contributed by atoms with E-state index in [0.717, 1.165) is 12.0 Å². The van der Waals surface area contributed by atoms with Crippen molar-refractivity contribution in [2.75, 3.05) is 0 Å². The first-order valence-corrected chi connectivity index (χ1v) is 3.79. The Bertz CT molecular complexity index is 233. The van der Waals surface area contributed by atoms with E-state index in [4.69, 9.17) is 0 Å². The van der Waals surface area contributed by atoms with E-state index in [9.17, 15) is 4.39 Å². The highest BCUT2D eigenvalue weighted by Crippen LogP contribution is 2.07. The molecule has 2 heteroatoms. The van der Waals surface area contributed by atoms with Crippen molar-refractivity contribution in [3.8, 4) is 0 Å². The second kappa shape index (κ2) is 3.46. The van der Waals surface area contributed by atoms with Crippen molar-refractivity contribution in [1.29, 1.82) is 0 Å². The number of aromatic nitrogens is 1. The Balaban J connectivity index is 2.71. The van der Waals surface area contributed by atoms with Gasteiger partial charge in [0.1, 0.15) is 0 Å². The second-order valence-corrected chi connectivity index (χ2v) is 3.08. The van der Waals surface area contributed by atoms with E-state index in [-0.39, 0.29) is 5.95 Å². The molecular weight excluding hydrogens is 141 g/mol. The zero-order valence-corrected chi connectivity index (χ0v) is 6.84. The Morgan fingerprint density at radius 1 is 1.55 bits per heavy atom. The minimum absolute atomic E-state index is 0.386. The van der Waals surface area contributed by atoms with Gasteiger partial charge in [0.2, 0.25) is 5.95 Å². The van der Waals surface area contributed by atoms with E-state index in [2.05, 4.69) is 18.8 Å². The van der Waals surface area contributed by atoms with Gasteiger partial charge in [-0.15, -0.1) is 0 Å². The van der Waals surface area contributed by atoms with Gasteiger partial charge in [0.05, 0.1) is 0 Å². The molecule has 0 bridgehead atoms. The third-order valence-corrected chi connectivity index (χ3v) is 1.43. The number of nitrogens with zero attached hydrogens (tertiary/aromatic N) is 1. The van der Waals surface area contributed by atoms with E-state index in [0.29, 0.717) is 5.92 Å². The summed E-state index contributed by atoms with van der Waals surface area (Å²) in [6.07, 6.45) is 2.42. The van der Waals surface area contributed by atoms with Gasteiger partial charge in [-0.2, -0.15) is 4.39 Å². The van der Waals surface area contributed by atoms with Crippen LogP contribution in [0, 0.1) is 11.9 Å². The molecular formula is C9H12FN. The third-order valence-electron chi connectivity index (χ3n) is 1.43. The molecule has 0 saturated carbocycles. The van der Waals surface area contributed by atoms with Gasteiger partial charge < -0.3 is 0 Å². The topological polar surface area (TPSA) is 12.9 Å². The molecule has 0 aliphatic rings. The predicted octanol–water partition coefficient (Wildman–Crippen LogP) is 2.42. The summed E-state index contributed by atoms with van der Waals surface area (Å²) in [4.78, 5) is 3.48. The van der Waals surface area contributed by atoms with Crippen molar-refractivity contribution in [2.45, 2.75) is 20.3 Å². The Labute approximate surface area is 66.3 Å². The highest BCUT2D eigenvalue weighted by molar-refractivity contribution is 5.11. The van der Waals surface area contributed by atoms with Crippen LogP contribution >= 0.6 is 0 Å². The maximum absolute atomic E-state index is 12.5. The van der Waals surface area contributed by atoms with Gasteiger partial charge in [0.15, 0.2) is 0 Å². The van der Waals surface area contributed by atoms with Crippen LogP contribution in [0.15, 0.2) is 18.3 Å². The van der Waals surface area contributed by atoms with E-state index >= 15 is 0 Å². The monoisotopic (exact) mass is 153 g/mol. The van der Waals surface area contributed by atoms with Crippen molar-refractivity contribution in [3.63, 3.8) is 0 Å². The molecule has 0 aromatic carbocycles. The normalized spacial score (nSPS) is 10.5. The number of halogens is 1. The molecule has 0 N–H and O–H groups in total. The third kappa shape index (κ3) is 2.66. The molecule has 0 atom stereocenters. The maximum Gasteiger partial charge on any atom is 0.213 e. The molecule has 0 radical (unpaired) electrons. The molecule has 60 valence electrons. The van der Waals surface area contributed by atoms with Gasteiger partial charge in [-0.3, -0.25) is 0 Å². The highest BCUT2D eigenvalue weighted by Gasteiger charge is 1.98. The van der Waals surface area contributed by atoms with Gasteiger partial charge in [0, 0.05) is 6.20 Å². The van der Waals surface area contributed by atoms with Crippen molar-refractivity contribution in [1.82, 2.24) is 4.98 Å². The van der Waals surface area contributed by atoms with Crippen LogP contribution in [0.5, 0.6) is 0 Å². The standard InChI is InChI=1S/C9H12FN/c1-7(2)5-8-3-4-11-9(10)6-8/h3-4,6-7H,5H2,1-2H3. The zero-order valence-electron chi connectivity index (χ0n) is 6.84. The fourth-order valence-corrected chi connectivity index (χ4v) is 1.04. The maximum atomic E-state index is 12.5. The van der Waals surface area contributed by atoms with Gasteiger partial charge in [0.25, 0.3) is 0 Å². The van der Waals surface area contributed by atoms with Crippen LogP contribution < -0.4 is 0 Å². The molecule has 1 nitrogen and oxygen atoms in total. The lowest BCUT2D eigenvalue weighted by Crippen LogP contribution is -1.95. The van der Waals surface area contributed by atoms with E-state index in [1.54, 1.807) is 0 Å². The number of rotatable bonds is 2. The number of hydrogen-bond acceptors (Lipinski definition) is 1. The van der Waals surface area contributed by atoms with Crippen molar-refractivity contribution in [3.05, 3.63) is 29.8 Å². The van der Waals surface area contributed by atoms with Crippen LogP contribution in [0.2, 0.25) is 0 Å². The number of pyridine rings is 1. The predicted molar refractivity (Wildman–Crippen MR) is 42.7 cm³/mol. The average molecular weight is 153 g/mol. The Kier molecular flexibility index (Phi) is 2.58. The van der Waals surface area contributed by atoms with Crippen molar-refractivity contribution >= 4 is 0 Å². The SMILES string of the molecule is CC(C)Cc1ccnc(F)c1. The lowest BCUT2D eigenvalue weighted by Gasteiger charge is -2.02. The molecule has 0 spiro atoms. The summed E-state index contributed by atoms with van der Waals surface area (Å²) in [5.41, 5.74) is 1.02. The summed E-state index contributed by atoms with van der Waals surface area (Å²) in [5.74, 6) is 0.181. The molecule has 1 heterocycles. The van der Waals surface area contributed by atoms with E-state index in [1.165, 1.54) is 12.3 Å². The van der Waals surface area contributed by atoms with Gasteiger partial charge in [-0.05, 0) is 30.0 Å². The zero-order chi connectivity index (χ0) is 8.27. The van der Waals surface area contributed by atoms with E-state index < -0.39 is 0 Å². The van der Waals surface area contributed by atoms with Crippen LogP contribution in [0.25, 0.3) is 0 Å². The second-order valence-electron chi connectivity index (χ2n) is 3.08. The minimum atomic E-state index is -0.386. The molecule has 1 aromatic rings. The van der Waals surface area contributed by atoms with Crippen LogP contribution in [-0.4, -0.2) is 4.98 Å². The van der Waals surface area contributed by atoms with Crippen LogP contribution in [-0.2, 0) is 6.42 Å². The van der Waals surface area contributed by atoms with Crippen molar-refractivity contribution < 1.29 is 4.39 Å². The molecule has 1 rings (SSSR count). The Morgan fingerprint density at radius 3 is 2.82 bits per heavy atom. The van der Waals surface area contributed by atoms with Crippen LogP contribution in [0.3, 0.4) is 0 Å². The quantitative estimate of drug-likeness (QED) is 0.594. The summed E-state index contributed by atoms with van der Waals surface area (Å²) in [5, 5.41) is 0. The molecule has 0 aliphatic carbocycles. The van der Waals surface area contributed by atoms with Crippen molar-refractivity contribution in [2.24, 2.45) is 5.92 Å². The molecule has 0 aliphatic heterocycles. The Hall–Kier alpha value is -0.920. The average Bonchev–Trinajstić information content (AvgIpc) is 1.85. The van der Waals surface area contributed by atoms with Crippen LogP contribution in [0.1, 0.15) is 19.4 Å². The lowest BCUT2D eigenvalue weighted by molar-refractivity contribution is 0.575. The first-order chi connectivity index (χ1) is 5.18. The molecule has 0 saturated heterocycles.